The summed E-state index contributed by atoms with van der Waals surface area (Å²) in [5.41, 5.74) is 6.39. The van der Waals surface area contributed by atoms with Crippen molar-refractivity contribution in [1.82, 2.24) is 9.13 Å². The van der Waals surface area contributed by atoms with Gasteiger partial charge in [0.1, 0.15) is 0 Å². The number of ether oxygens (including phenoxy) is 1. The minimum atomic E-state index is -0.978. The quantitative estimate of drug-likeness (QED) is 0.308. The molecule has 9 heteroatoms. The molecule has 1 aliphatic heterocycles. The maximum absolute atomic E-state index is 14.0. The second-order valence-corrected chi connectivity index (χ2v) is 11.6. The number of benzene rings is 2. The van der Waals surface area contributed by atoms with E-state index in [9.17, 15) is 19.5 Å². The van der Waals surface area contributed by atoms with Crippen molar-refractivity contribution >= 4 is 29.4 Å². The number of aryl methyl sites for hydroxylation is 1. The third kappa shape index (κ3) is 5.16. The lowest BCUT2D eigenvalue weighted by Gasteiger charge is -2.25. The molecule has 5 rings (SSSR count). The van der Waals surface area contributed by atoms with Gasteiger partial charge in [-0.15, -0.1) is 0 Å². The lowest BCUT2D eigenvalue weighted by atomic mass is 9.93. The van der Waals surface area contributed by atoms with Crippen LogP contribution in [0.15, 0.2) is 75.7 Å². The van der Waals surface area contributed by atoms with Gasteiger partial charge in [-0.25, -0.2) is 14.6 Å². The lowest BCUT2D eigenvalue weighted by molar-refractivity contribution is -0.139. The number of nitrogens with zero attached hydrogens (tertiary/aromatic N) is 3. The van der Waals surface area contributed by atoms with Crippen LogP contribution in [0, 0.1) is 13.8 Å². The molecule has 0 radical (unpaired) electrons. The number of carboxylic acid groups (broad SMARTS) is 1. The summed E-state index contributed by atoms with van der Waals surface area (Å²) in [5, 5.41) is 9.26. The van der Waals surface area contributed by atoms with Crippen LogP contribution in [0.4, 0.5) is 0 Å². The average Bonchev–Trinajstić information content (AvgIpc) is 3.41. The molecule has 0 spiro atoms. The normalized spacial score (nSPS) is 15.1. The van der Waals surface area contributed by atoms with Crippen LogP contribution in [0.5, 0.6) is 0 Å². The van der Waals surface area contributed by atoms with Crippen LogP contribution in [-0.2, 0) is 9.53 Å². The molecule has 1 aliphatic rings. The summed E-state index contributed by atoms with van der Waals surface area (Å²) >= 11 is 1.29. The molecule has 0 amide bonds. The number of rotatable bonds is 7. The highest BCUT2D eigenvalue weighted by molar-refractivity contribution is 7.07. The molecule has 1 N–H and O–H groups in total. The van der Waals surface area contributed by atoms with Crippen molar-refractivity contribution in [2.75, 3.05) is 6.61 Å². The number of aromatic nitrogens is 2. The van der Waals surface area contributed by atoms with E-state index in [1.807, 2.05) is 54.8 Å². The highest BCUT2D eigenvalue weighted by atomic mass is 32.1. The van der Waals surface area contributed by atoms with E-state index in [1.165, 1.54) is 11.3 Å². The first kappa shape index (κ1) is 29.0. The molecule has 0 saturated carbocycles. The van der Waals surface area contributed by atoms with Crippen molar-refractivity contribution in [2.24, 2.45) is 4.99 Å². The molecule has 0 unspecified atom stereocenters. The Labute approximate surface area is 247 Å². The Morgan fingerprint density at radius 2 is 1.74 bits per heavy atom. The standard InChI is InChI=1S/C33H33N3O5S/c1-7-41-32(40)28-20(5)34-33-36(29(28)23-10-8-22(9-11-23)18(2)3)30(37)27(42-33)17-25-16-19(4)35(21(25)6)26-14-12-24(13-15-26)31(38)39/h8-18,29H,7H2,1-6H3,(H,38,39)/b27-17+/t29-/m1/s1. The number of carbonyl (C=O) groups excluding carboxylic acids is 1. The molecule has 0 aliphatic carbocycles. The number of thiazole rings is 1. The minimum Gasteiger partial charge on any atom is -0.478 e. The fraction of sp³-hybridized carbons (Fsp3) is 0.273. The monoisotopic (exact) mass is 583 g/mol. The molecular weight excluding hydrogens is 550 g/mol. The van der Waals surface area contributed by atoms with E-state index in [4.69, 9.17) is 4.74 Å². The topological polar surface area (TPSA) is 103 Å². The number of aromatic carboxylic acids is 1. The smallest absolute Gasteiger partial charge is 0.338 e. The number of carboxylic acids is 1. The van der Waals surface area contributed by atoms with Crippen LogP contribution >= 0.6 is 11.3 Å². The first-order valence-corrected chi connectivity index (χ1v) is 14.7. The average molecular weight is 584 g/mol. The number of carbonyl (C=O) groups is 2. The number of esters is 1. The van der Waals surface area contributed by atoms with Gasteiger partial charge in [-0.3, -0.25) is 9.36 Å². The van der Waals surface area contributed by atoms with E-state index in [1.54, 1.807) is 42.7 Å². The minimum absolute atomic E-state index is 0.216. The molecule has 4 aromatic rings. The largest absolute Gasteiger partial charge is 0.478 e. The Bertz CT molecular complexity index is 1910. The number of hydrogen-bond acceptors (Lipinski definition) is 6. The van der Waals surface area contributed by atoms with Gasteiger partial charge in [-0.2, -0.15) is 0 Å². The van der Waals surface area contributed by atoms with Gasteiger partial charge in [0.15, 0.2) is 4.80 Å². The summed E-state index contributed by atoms with van der Waals surface area (Å²) in [6.45, 7) is 11.9. The van der Waals surface area contributed by atoms with Crippen LogP contribution < -0.4 is 14.9 Å². The summed E-state index contributed by atoms with van der Waals surface area (Å²) in [6, 6.07) is 16.0. The zero-order valence-corrected chi connectivity index (χ0v) is 25.3. The van der Waals surface area contributed by atoms with E-state index in [0.717, 1.165) is 33.8 Å². The summed E-state index contributed by atoms with van der Waals surface area (Å²) in [7, 11) is 0. The van der Waals surface area contributed by atoms with Crippen molar-refractivity contribution in [3.05, 3.63) is 119 Å². The summed E-state index contributed by atoms with van der Waals surface area (Å²) in [4.78, 5) is 43.7. The third-order valence-corrected chi connectivity index (χ3v) is 8.55. The second kappa shape index (κ2) is 11.4. The third-order valence-electron chi connectivity index (χ3n) is 7.57. The Hall–Kier alpha value is -4.50. The van der Waals surface area contributed by atoms with Crippen LogP contribution in [0.3, 0.4) is 0 Å². The van der Waals surface area contributed by atoms with Gasteiger partial charge >= 0.3 is 11.9 Å². The van der Waals surface area contributed by atoms with Gasteiger partial charge in [-0.1, -0.05) is 49.4 Å². The fourth-order valence-corrected chi connectivity index (χ4v) is 6.43. The van der Waals surface area contributed by atoms with Gasteiger partial charge in [0.25, 0.3) is 5.56 Å². The first-order valence-electron chi connectivity index (χ1n) is 13.8. The van der Waals surface area contributed by atoms with Gasteiger partial charge < -0.3 is 14.4 Å². The number of allylic oxidation sites excluding steroid dienone is 1. The van der Waals surface area contributed by atoms with Crippen LogP contribution in [-0.4, -0.2) is 32.8 Å². The zero-order valence-electron chi connectivity index (χ0n) is 24.5. The maximum Gasteiger partial charge on any atom is 0.338 e. The predicted molar refractivity (Wildman–Crippen MR) is 163 cm³/mol. The lowest BCUT2D eigenvalue weighted by Crippen LogP contribution is -2.39. The summed E-state index contributed by atoms with van der Waals surface area (Å²) < 4.78 is 9.53. The number of fused-ring (bicyclic) bond motifs is 1. The molecule has 0 saturated heterocycles. The van der Waals surface area contributed by atoms with Crippen molar-refractivity contribution in [3.63, 3.8) is 0 Å². The van der Waals surface area contributed by atoms with E-state index in [0.29, 0.717) is 26.5 Å². The van der Waals surface area contributed by atoms with Crippen molar-refractivity contribution in [1.29, 1.82) is 0 Å². The van der Waals surface area contributed by atoms with E-state index in [2.05, 4.69) is 18.8 Å². The van der Waals surface area contributed by atoms with Gasteiger partial charge in [0.2, 0.25) is 0 Å². The maximum atomic E-state index is 14.0. The van der Waals surface area contributed by atoms with Gasteiger partial charge in [0.05, 0.1) is 34.0 Å². The summed E-state index contributed by atoms with van der Waals surface area (Å²) in [6.07, 6.45) is 1.86. The van der Waals surface area contributed by atoms with Crippen molar-refractivity contribution in [3.8, 4) is 5.69 Å². The molecule has 2 aromatic carbocycles. The Kier molecular flexibility index (Phi) is 7.88. The van der Waals surface area contributed by atoms with Crippen molar-refractivity contribution < 1.29 is 19.4 Å². The zero-order chi connectivity index (χ0) is 30.3. The molecule has 0 fully saturated rings. The highest BCUT2D eigenvalue weighted by Crippen LogP contribution is 2.31. The number of hydrogen-bond donors (Lipinski definition) is 1. The molecule has 8 nitrogen and oxygen atoms in total. The molecular formula is C33H33N3O5S. The van der Waals surface area contributed by atoms with E-state index >= 15 is 0 Å². The molecule has 216 valence electrons. The van der Waals surface area contributed by atoms with Crippen molar-refractivity contribution in [2.45, 2.75) is 53.5 Å². The highest BCUT2D eigenvalue weighted by Gasteiger charge is 2.33. The molecule has 3 heterocycles. The van der Waals surface area contributed by atoms with Crippen LogP contribution in [0.25, 0.3) is 11.8 Å². The van der Waals surface area contributed by atoms with Crippen LogP contribution in [0.2, 0.25) is 0 Å². The van der Waals surface area contributed by atoms with Crippen LogP contribution in [0.1, 0.15) is 78.1 Å². The summed E-state index contributed by atoms with van der Waals surface area (Å²) in [5.74, 6) is -1.12. The Morgan fingerprint density at radius 1 is 1.07 bits per heavy atom. The Balaban J connectivity index is 1.65. The molecule has 42 heavy (non-hydrogen) atoms. The van der Waals surface area contributed by atoms with E-state index < -0.39 is 18.0 Å². The van der Waals surface area contributed by atoms with E-state index in [-0.39, 0.29) is 17.7 Å². The first-order chi connectivity index (χ1) is 20.0. The molecule has 1 atom stereocenters. The van der Waals surface area contributed by atoms with Gasteiger partial charge in [0, 0.05) is 17.1 Å². The molecule has 0 bridgehead atoms. The second-order valence-electron chi connectivity index (χ2n) is 10.6. The predicted octanol–water partition coefficient (Wildman–Crippen LogP) is 5.03. The SMILES string of the molecule is CCOC(=O)C1=C(C)N=c2s/c(=C/c3cc(C)n(-c4ccc(C(=O)O)cc4)c3C)c(=O)n2[C@@H]1c1ccc(C(C)C)cc1. The fourth-order valence-electron chi connectivity index (χ4n) is 5.40. The molecule has 2 aromatic heterocycles. The van der Waals surface area contributed by atoms with Gasteiger partial charge in [-0.05, 0) is 86.7 Å². The Morgan fingerprint density at radius 3 is 2.33 bits per heavy atom.